The average Bonchev–Trinajstić information content (AvgIpc) is 2.78. The number of carbonyl (C=O) groups is 3. The van der Waals surface area contributed by atoms with Gasteiger partial charge in [-0.05, 0) is 36.4 Å². The lowest BCUT2D eigenvalue weighted by atomic mass is 9.84. The van der Waals surface area contributed by atoms with Crippen LogP contribution >= 0.6 is 0 Å². The predicted molar refractivity (Wildman–Crippen MR) is 108 cm³/mol. The number of esters is 3. The minimum atomic E-state index is -2.02. The van der Waals surface area contributed by atoms with Crippen molar-refractivity contribution in [2.45, 2.75) is 30.8 Å². The van der Waals surface area contributed by atoms with E-state index in [1.807, 2.05) is 0 Å². The van der Waals surface area contributed by atoms with Crippen molar-refractivity contribution in [2.24, 2.45) is 0 Å². The summed E-state index contributed by atoms with van der Waals surface area (Å²) < 4.78 is 15.6. The molecule has 162 valence electrons. The van der Waals surface area contributed by atoms with Crippen LogP contribution in [-0.4, -0.2) is 58.6 Å². The van der Waals surface area contributed by atoms with E-state index in [-0.39, 0.29) is 11.1 Å². The summed E-state index contributed by atoms with van der Waals surface area (Å²) in [5.41, 5.74) is -1.49. The molecule has 8 nitrogen and oxygen atoms in total. The average molecular weight is 426 g/mol. The second-order valence-electron chi connectivity index (χ2n) is 7.05. The molecule has 31 heavy (non-hydrogen) atoms. The van der Waals surface area contributed by atoms with E-state index in [0.29, 0.717) is 0 Å². The van der Waals surface area contributed by atoms with Gasteiger partial charge in [0.25, 0.3) is 0 Å². The summed E-state index contributed by atoms with van der Waals surface area (Å²) in [4.78, 5) is 36.1. The summed E-state index contributed by atoms with van der Waals surface area (Å²) in [6.45, 7) is 0.512. The Morgan fingerprint density at radius 3 is 2.00 bits per heavy atom. The second-order valence-corrected chi connectivity index (χ2v) is 7.05. The number of carbonyl (C=O) groups excluding carboxylic acids is 3. The van der Waals surface area contributed by atoms with Gasteiger partial charge in [-0.25, -0.2) is 9.59 Å². The lowest BCUT2D eigenvalue weighted by molar-refractivity contribution is -0.187. The van der Waals surface area contributed by atoms with Gasteiger partial charge in [0.15, 0.2) is 11.7 Å². The number of rotatable bonds is 6. The molecule has 0 amide bonds. The summed E-state index contributed by atoms with van der Waals surface area (Å²) in [5, 5.41) is 21.7. The molecular weight excluding hydrogens is 404 g/mol. The molecule has 0 fully saturated rings. The molecule has 3 rings (SSSR count). The molecule has 0 heterocycles. The molecule has 2 N–H and O–H groups in total. The fraction of sp³-hybridized carbons (Fsp3) is 0.261. The van der Waals surface area contributed by atoms with Gasteiger partial charge < -0.3 is 24.4 Å². The highest BCUT2D eigenvalue weighted by Gasteiger charge is 2.49. The molecule has 1 aliphatic rings. The Hall–Kier alpha value is -3.49. The molecule has 2 aromatic carbocycles. The molecule has 4 unspecified atom stereocenters. The quantitative estimate of drug-likeness (QED) is 0.407. The SMILES string of the molecule is CC(=O)OC1C(O)C(OC(=O)c2ccccc2)C=CC1(O)COC(=O)c1ccccc1. The van der Waals surface area contributed by atoms with Crippen LogP contribution in [0.25, 0.3) is 0 Å². The van der Waals surface area contributed by atoms with Crippen molar-refractivity contribution in [2.75, 3.05) is 6.61 Å². The van der Waals surface area contributed by atoms with Crippen LogP contribution in [0.4, 0.5) is 0 Å². The minimum Gasteiger partial charge on any atom is -0.459 e. The molecule has 4 atom stereocenters. The smallest absolute Gasteiger partial charge is 0.338 e. The van der Waals surface area contributed by atoms with Gasteiger partial charge in [-0.1, -0.05) is 36.4 Å². The summed E-state index contributed by atoms with van der Waals surface area (Å²) in [7, 11) is 0. The Morgan fingerprint density at radius 2 is 1.45 bits per heavy atom. The van der Waals surface area contributed by atoms with E-state index in [2.05, 4.69) is 0 Å². The Kier molecular flexibility index (Phi) is 6.84. The maximum Gasteiger partial charge on any atom is 0.338 e. The normalized spacial score (nSPS) is 24.8. The lowest BCUT2D eigenvalue weighted by Crippen LogP contribution is -2.59. The number of hydrogen-bond acceptors (Lipinski definition) is 8. The number of ether oxygens (including phenoxy) is 3. The Labute approximate surface area is 178 Å². The molecule has 0 spiro atoms. The van der Waals surface area contributed by atoms with E-state index in [1.54, 1.807) is 60.7 Å². The minimum absolute atomic E-state index is 0.268. The van der Waals surface area contributed by atoms with Crippen molar-refractivity contribution in [3.8, 4) is 0 Å². The Balaban J connectivity index is 1.76. The third-order valence-corrected chi connectivity index (χ3v) is 4.70. The standard InChI is InChI=1S/C23H22O8/c1-15(24)30-20-19(25)18(31-22(27)17-10-6-3-7-11-17)12-13-23(20,28)14-29-21(26)16-8-4-2-5-9-16/h2-13,18-20,25,28H,14H2,1H3. The Bertz CT molecular complexity index is 956. The largest absolute Gasteiger partial charge is 0.459 e. The topological polar surface area (TPSA) is 119 Å². The maximum absolute atomic E-state index is 12.3. The zero-order valence-corrected chi connectivity index (χ0v) is 16.7. The van der Waals surface area contributed by atoms with Crippen LogP contribution in [0.15, 0.2) is 72.8 Å². The molecule has 1 aliphatic carbocycles. The van der Waals surface area contributed by atoms with E-state index < -0.39 is 48.4 Å². The molecular formula is C23H22O8. The molecule has 0 saturated carbocycles. The number of benzene rings is 2. The first kappa shape index (κ1) is 22.2. The van der Waals surface area contributed by atoms with E-state index in [9.17, 15) is 24.6 Å². The third-order valence-electron chi connectivity index (χ3n) is 4.70. The van der Waals surface area contributed by atoms with E-state index >= 15 is 0 Å². The lowest BCUT2D eigenvalue weighted by Gasteiger charge is -2.40. The van der Waals surface area contributed by atoms with Crippen molar-refractivity contribution in [1.82, 2.24) is 0 Å². The highest BCUT2D eigenvalue weighted by atomic mass is 16.6. The molecule has 2 aromatic rings. The number of aliphatic hydroxyl groups is 2. The van der Waals surface area contributed by atoms with Crippen LogP contribution in [-0.2, 0) is 19.0 Å². The molecule has 0 radical (unpaired) electrons. The first-order chi connectivity index (χ1) is 14.8. The van der Waals surface area contributed by atoms with Gasteiger partial charge >= 0.3 is 17.9 Å². The van der Waals surface area contributed by atoms with Gasteiger partial charge in [-0.2, -0.15) is 0 Å². The van der Waals surface area contributed by atoms with Crippen LogP contribution in [0.3, 0.4) is 0 Å². The van der Waals surface area contributed by atoms with Crippen molar-refractivity contribution in [1.29, 1.82) is 0 Å². The van der Waals surface area contributed by atoms with Crippen LogP contribution in [0, 0.1) is 0 Å². The molecule has 0 aromatic heterocycles. The molecule has 0 saturated heterocycles. The number of aliphatic hydroxyl groups excluding tert-OH is 1. The van der Waals surface area contributed by atoms with Crippen LogP contribution < -0.4 is 0 Å². The summed E-state index contributed by atoms with van der Waals surface area (Å²) >= 11 is 0. The van der Waals surface area contributed by atoms with E-state index in [1.165, 1.54) is 12.2 Å². The van der Waals surface area contributed by atoms with Crippen molar-refractivity contribution in [3.63, 3.8) is 0 Å². The zero-order chi connectivity index (χ0) is 22.4. The summed E-state index contributed by atoms with van der Waals surface area (Å²) in [6, 6.07) is 16.3. The van der Waals surface area contributed by atoms with Crippen molar-refractivity contribution in [3.05, 3.63) is 83.9 Å². The first-order valence-corrected chi connectivity index (χ1v) is 9.55. The van der Waals surface area contributed by atoms with Crippen molar-refractivity contribution >= 4 is 17.9 Å². The fourth-order valence-corrected chi connectivity index (χ4v) is 3.13. The van der Waals surface area contributed by atoms with Crippen LogP contribution in [0.5, 0.6) is 0 Å². The van der Waals surface area contributed by atoms with Crippen molar-refractivity contribution < 1.29 is 38.8 Å². The van der Waals surface area contributed by atoms with Gasteiger partial charge in [0, 0.05) is 6.92 Å². The molecule has 8 heteroatoms. The third kappa shape index (κ3) is 5.36. The molecule has 0 bridgehead atoms. The fourth-order valence-electron chi connectivity index (χ4n) is 3.13. The highest BCUT2D eigenvalue weighted by molar-refractivity contribution is 5.90. The summed E-state index contributed by atoms with van der Waals surface area (Å²) in [5.74, 6) is -2.17. The van der Waals surface area contributed by atoms with E-state index in [0.717, 1.165) is 6.92 Å². The van der Waals surface area contributed by atoms with Crippen LogP contribution in [0.1, 0.15) is 27.6 Å². The van der Waals surface area contributed by atoms with Gasteiger partial charge in [-0.15, -0.1) is 0 Å². The van der Waals surface area contributed by atoms with Gasteiger partial charge in [-0.3, -0.25) is 4.79 Å². The monoisotopic (exact) mass is 426 g/mol. The first-order valence-electron chi connectivity index (χ1n) is 9.55. The van der Waals surface area contributed by atoms with Gasteiger partial charge in [0.05, 0.1) is 11.1 Å². The van der Waals surface area contributed by atoms with Gasteiger partial charge in [0.2, 0.25) is 0 Å². The number of hydrogen-bond donors (Lipinski definition) is 2. The van der Waals surface area contributed by atoms with E-state index in [4.69, 9.17) is 14.2 Å². The summed E-state index contributed by atoms with van der Waals surface area (Å²) in [6.07, 6.45) is -1.87. The van der Waals surface area contributed by atoms with Gasteiger partial charge in [0.1, 0.15) is 18.8 Å². The zero-order valence-electron chi connectivity index (χ0n) is 16.7. The highest BCUT2D eigenvalue weighted by Crippen LogP contribution is 2.29. The maximum atomic E-state index is 12.3. The second kappa shape index (κ2) is 9.55. The van der Waals surface area contributed by atoms with Crippen LogP contribution in [0.2, 0.25) is 0 Å². The predicted octanol–water partition coefficient (Wildman–Crippen LogP) is 1.66. The molecule has 0 aliphatic heterocycles. The Morgan fingerprint density at radius 1 is 0.903 bits per heavy atom.